The van der Waals surface area contributed by atoms with E-state index in [1.54, 1.807) is 0 Å². The highest BCUT2D eigenvalue weighted by Crippen LogP contribution is 2.27. The molecule has 0 N–H and O–H groups in total. The zero-order chi connectivity index (χ0) is 25.5. The molecule has 0 spiro atoms. The minimum absolute atomic E-state index is 0.00559. The normalized spacial score (nSPS) is 11.2. The van der Waals surface area contributed by atoms with Gasteiger partial charge in [-0.05, 0) is 58.7 Å². The molecule has 0 unspecified atom stereocenters. The molecule has 3 heteroatoms. The van der Waals surface area contributed by atoms with E-state index in [1.807, 2.05) is 111 Å². The quantitative estimate of drug-likeness (QED) is 0.197. The Morgan fingerprint density at radius 3 is 1.28 bits per heavy atom. The number of hydrogen-bond acceptors (Lipinski definition) is 3. The van der Waals surface area contributed by atoms with Crippen molar-refractivity contribution in [3.05, 3.63) is 130 Å². The number of benzene rings is 4. The van der Waals surface area contributed by atoms with Crippen molar-refractivity contribution in [3.8, 4) is 0 Å². The van der Waals surface area contributed by atoms with Gasteiger partial charge < -0.3 is 9.80 Å². The van der Waals surface area contributed by atoms with E-state index in [9.17, 15) is 4.79 Å². The summed E-state index contributed by atoms with van der Waals surface area (Å²) in [6.07, 6.45) is 8.17. The lowest BCUT2D eigenvalue weighted by Crippen LogP contribution is -2.12. The van der Waals surface area contributed by atoms with Crippen molar-refractivity contribution < 1.29 is 4.79 Å². The molecule has 0 aliphatic rings. The van der Waals surface area contributed by atoms with Crippen LogP contribution in [-0.2, 0) is 0 Å². The van der Waals surface area contributed by atoms with Gasteiger partial charge in [0.05, 0.1) is 0 Å². The van der Waals surface area contributed by atoms with Gasteiger partial charge in [-0.2, -0.15) is 0 Å². The molecule has 4 aromatic carbocycles. The molecule has 3 nitrogen and oxygen atoms in total. The fourth-order valence-electron chi connectivity index (χ4n) is 3.99. The Bertz CT molecular complexity index is 1280. The highest BCUT2D eigenvalue weighted by atomic mass is 16.1. The van der Waals surface area contributed by atoms with Crippen LogP contribution >= 0.6 is 0 Å². The Morgan fingerprint density at radius 1 is 0.528 bits per heavy atom. The third-order valence-corrected chi connectivity index (χ3v) is 6.10. The average molecular weight is 473 g/mol. The van der Waals surface area contributed by atoms with Gasteiger partial charge in [-0.3, -0.25) is 4.79 Å². The van der Waals surface area contributed by atoms with Gasteiger partial charge in [-0.1, -0.05) is 85.0 Å². The van der Waals surface area contributed by atoms with E-state index < -0.39 is 0 Å². The number of anilines is 2. The lowest BCUT2D eigenvalue weighted by atomic mass is 9.93. The zero-order valence-corrected chi connectivity index (χ0v) is 21.3. The SMILES string of the molecule is CN(C)c1ccc(C(=O)c2ccc(N(C)C)cc2C=Cc2ccccc2)c(C=Cc2ccccc2)c1. The predicted molar refractivity (Wildman–Crippen MR) is 156 cm³/mol. The molecule has 0 amide bonds. The van der Waals surface area contributed by atoms with Crippen molar-refractivity contribution >= 4 is 41.5 Å². The maximum Gasteiger partial charge on any atom is 0.194 e. The summed E-state index contributed by atoms with van der Waals surface area (Å²) in [5, 5.41) is 0. The van der Waals surface area contributed by atoms with Gasteiger partial charge in [-0.15, -0.1) is 0 Å². The summed E-state index contributed by atoms with van der Waals surface area (Å²) in [5.41, 5.74) is 7.42. The summed E-state index contributed by atoms with van der Waals surface area (Å²) >= 11 is 0. The third-order valence-electron chi connectivity index (χ3n) is 6.10. The van der Waals surface area contributed by atoms with Crippen LogP contribution < -0.4 is 9.80 Å². The van der Waals surface area contributed by atoms with E-state index in [-0.39, 0.29) is 5.78 Å². The molecular formula is C33H32N2O. The molecule has 0 aliphatic heterocycles. The van der Waals surface area contributed by atoms with Crippen LogP contribution in [0, 0.1) is 0 Å². The van der Waals surface area contributed by atoms with E-state index >= 15 is 0 Å². The number of nitrogens with zero attached hydrogens (tertiary/aromatic N) is 2. The Labute approximate surface area is 214 Å². The molecule has 0 bridgehead atoms. The molecule has 0 saturated heterocycles. The van der Waals surface area contributed by atoms with E-state index in [0.29, 0.717) is 11.1 Å². The van der Waals surface area contributed by atoms with Gasteiger partial charge in [-0.25, -0.2) is 0 Å². The fourth-order valence-corrected chi connectivity index (χ4v) is 3.99. The molecule has 180 valence electrons. The van der Waals surface area contributed by atoms with Gasteiger partial charge in [0.1, 0.15) is 0 Å². The van der Waals surface area contributed by atoms with Crippen molar-refractivity contribution in [3.63, 3.8) is 0 Å². The van der Waals surface area contributed by atoms with Crippen LogP contribution in [-0.4, -0.2) is 34.0 Å². The van der Waals surface area contributed by atoms with Crippen LogP contribution in [0.5, 0.6) is 0 Å². The topological polar surface area (TPSA) is 23.6 Å². The maximum absolute atomic E-state index is 14.0. The first-order chi connectivity index (χ1) is 17.4. The number of ketones is 1. The molecule has 4 rings (SSSR count). The largest absolute Gasteiger partial charge is 0.378 e. The molecule has 0 saturated carbocycles. The zero-order valence-electron chi connectivity index (χ0n) is 21.3. The Kier molecular flexibility index (Phi) is 7.82. The van der Waals surface area contributed by atoms with Crippen molar-refractivity contribution in [1.82, 2.24) is 0 Å². The lowest BCUT2D eigenvalue weighted by molar-refractivity contribution is 0.103. The van der Waals surface area contributed by atoms with Crippen LogP contribution in [0.15, 0.2) is 97.1 Å². The highest BCUT2D eigenvalue weighted by molar-refractivity contribution is 6.14. The fraction of sp³-hybridized carbons (Fsp3) is 0.121. The number of carbonyl (C=O) groups excluding carboxylic acids is 1. The Morgan fingerprint density at radius 2 is 0.917 bits per heavy atom. The molecule has 36 heavy (non-hydrogen) atoms. The summed E-state index contributed by atoms with van der Waals surface area (Å²) in [7, 11) is 8.03. The number of rotatable bonds is 8. The van der Waals surface area contributed by atoms with Crippen LogP contribution in [0.2, 0.25) is 0 Å². The Balaban J connectivity index is 1.78. The van der Waals surface area contributed by atoms with E-state index in [2.05, 4.69) is 48.6 Å². The number of hydrogen-bond donors (Lipinski definition) is 0. The smallest absolute Gasteiger partial charge is 0.194 e. The van der Waals surface area contributed by atoms with Crippen LogP contribution in [0.4, 0.5) is 11.4 Å². The molecule has 0 aromatic heterocycles. The first-order valence-electron chi connectivity index (χ1n) is 12.1. The third kappa shape index (κ3) is 6.00. The predicted octanol–water partition coefficient (Wildman–Crippen LogP) is 7.39. The standard InChI is InChI=1S/C33H32N2O/c1-34(2)29-19-21-31(27(23-29)17-15-25-11-7-5-8-12-25)33(36)32-22-20-30(35(3)4)24-28(32)18-16-26-13-9-6-10-14-26/h5-24H,1-4H3. The first-order valence-corrected chi connectivity index (χ1v) is 12.1. The average Bonchev–Trinajstić information content (AvgIpc) is 2.91. The summed E-state index contributed by atoms with van der Waals surface area (Å²) in [6.45, 7) is 0. The van der Waals surface area contributed by atoms with Crippen molar-refractivity contribution in [2.75, 3.05) is 38.0 Å². The minimum Gasteiger partial charge on any atom is -0.378 e. The summed E-state index contributed by atoms with van der Waals surface area (Å²) < 4.78 is 0. The van der Waals surface area contributed by atoms with E-state index in [0.717, 1.165) is 33.6 Å². The van der Waals surface area contributed by atoms with Crippen molar-refractivity contribution in [1.29, 1.82) is 0 Å². The second-order valence-electron chi connectivity index (χ2n) is 9.15. The second kappa shape index (κ2) is 11.4. The van der Waals surface area contributed by atoms with Crippen molar-refractivity contribution in [2.24, 2.45) is 0 Å². The second-order valence-corrected chi connectivity index (χ2v) is 9.15. The molecule has 4 aromatic rings. The molecular weight excluding hydrogens is 440 g/mol. The van der Waals surface area contributed by atoms with Gasteiger partial charge in [0.15, 0.2) is 5.78 Å². The van der Waals surface area contributed by atoms with E-state index in [1.165, 1.54) is 0 Å². The summed E-state index contributed by atoms with van der Waals surface area (Å²) in [6, 6.07) is 32.3. The summed E-state index contributed by atoms with van der Waals surface area (Å²) in [5.74, 6) is 0.00559. The molecule has 0 radical (unpaired) electrons. The monoisotopic (exact) mass is 472 g/mol. The van der Waals surface area contributed by atoms with Gasteiger partial charge >= 0.3 is 0 Å². The molecule has 0 aliphatic carbocycles. The maximum atomic E-state index is 14.0. The highest BCUT2D eigenvalue weighted by Gasteiger charge is 2.17. The van der Waals surface area contributed by atoms with Gasteiger partial charge in [0, 0.05) is 50.7 Å². The lowest BCUT2D eigenvalue weighted by Gasteiger charge is -2.17. The Hall–Kier alpha value is -4.37. The van der Waals surface area contributed by atoms with Crippen LogP contribution in [0.3, 0.4) is 0 Å². The molecule has 0 fully saturated rings. The van der Waals surface area contributed by atoms with Crippen molar-refractivity contribution in [2.45, 2.75) is 0 Å². The molecule has 0 atom stereocenters. The summed E-state index contributed by atoms with van der Waals surface area (Å²) in [4.78, 5) is 18.1. The van der Waals surface area contributed by atoms with Gasteiger partial charge in [0.2, 0.25) is 0 Å². The number of carbonyl (C=O) groups is 1. The van der Waals surface area contributed by atoms with E-state index in [4.69, 9.17) is 0 Å². The van der Waals surface area contributed by atoms with Crippen LogP contribution in [0.25, 0.3) is 24.3 Å². The van der Waals surface area contributed by atoms with Crippen LogP contribution in [0.1, 0.15) is 38.2 Å². The molecule has 0 heterocycles. The first kappa shape index (κ1) is 24.7. The minimum atomic E-state index is 0.00559. The van der Waals surface area contributed by atoms with Gasteiger partial charge in [0.25, 0.3) is 0 Å².